The van der Waals surface area contributed by atoms with Gasteiger partial charge >= 0.3 is 0 Å². The number of nitrogens with zero attached hydrogens (tertiary/aromatic N) is 1. The van der Waals surface area contributed by atoms with E-state index >= 15 is 0 Å². The summed E-state index contributed by atoms with van der Waals surface area (Å²) in [5.74, 6) is 0. The van der Waals surface area contributed by atoms with Crippen molar-refractivity contribution >= 4 is 43.5 Å². The smallest absolute Gasteiger partial charge is 0.139 e. The zero-order valence-electron chi connectivity index (χ0n) is 24.2. The molecular weight excluding hydrogens is 474 g/mol. The SMILES string of the molecule is CC(C)(C)c1ccc(-c2nccc3cc4oc5c6c(ccc5c4cc23)C(C)(C)CCC6(C)C)c2ccccc12. The van der Waals surface area contributed by atoms with Crippen molar-refractivity contribution in [1.82, 2.24) is 4.98 Å². The number of benzene rings is 4. The summed E-state index contributed by atoms with van der Waals surface area (Å²) in [5, 5.41) is 7.25. The molecule has 1 aliphatic rings. The molecule has 0 bridgehead atoms. The maximum absolute atomic E-state index is 6.74. The van der Waals surface area contributed by atoms with Gasteiger partial charge < -0.3 is 4.42 Å². The van der Waals surface area contributed by atoms with Gasteiger partial charge in [0.2, 0.25) is 0 Å². The summed E-state index contributed by atoms with van der Waals surface area (Å²) in [4.78, 5) is 4.97. The fourth-order valence-corrected chi connectivity index (χ4v) is 7.00. The topological polar surface area (TPSA) is 26.0 Å². The van der Waals surface area contributed by atoms with Gasteiger partial charge in [0.25, 0.3) is 0 Å². The third-order valence-corrected chi connectivity index (χ3v) is 9.29. The highest BCUT2D eigenvalue weighted by Crippen LogP contribution is 2.50. The average molecular weight is 512 g/mol. The zero-order valence-corrected chi connectivity index (χ0v) is 24.2. The maximum atomic E-state index is 6.74. The predicted octanol–water partition coefficient (Wildman–Crippen LogP) is 10.6. The van der Waals surface area contributed by atoms with Crippen LogP contribution in [0.15, 0.2) is 77.3 Å². The van der Waals surface area contributed by atoms with Crippen LogP contribution in [-0.4, -0.2) is 4.98 Å². The summed E-state index contributed by atoms with van der Waals surface area (Å²) >= 11 is 0. The molecule has 4 aromatic carbocycles. The van der Waals surface area contributed by atoms with Crippen molar-refractivity contribution in [1.29, 1.82) is 0 Å². The molecule has 0 amide bonds. The Morgan fingerprint density at radius 1 is 0.718 bits per heavy atom. The van der Waals surface area contributed by atoms with Crippen molar-refractivity contribution in [2.24, 2.45) is 0 Å². The summed E-state index contributed by atoms with van der Waals surface area (Å²) in [7, 11) is 0. The maximum Gasteiger partial charge on any atom is 0.139 e. The Kier molecular flexibility index (Phi) is 4.97. The Balaban J connectivity index is 1.53. The van der Waals surface area contributed by atoms with E-state index in [1.54, 1.807) is 0 Å². The van der Waals surface area contributed by atoms with Crippen LogP contribution in [0.4, 0.5) is 0 Å². The Bertz CT molecular complexity index is 1940. The van der Waals surface area contributed by atoms with Gasteiger partial charge in [0.05, 0.1) is 5.69 Å². The van der Waals surface area contributed by atoms with Crippen molar-refractivity contribution in [3.8, 4) is 11.3 Å². The van der Waals surface area contributed by atoms with Crippen LogP contribution < -0.4 is 0 Å². The first kappa shape index (κ1) is 24.4. The van der Waals surface area contributed by atoms with Crippen LogP contribution in [0.2, 0.25) is 0 Å². The molecule has 196 valence electrons. The number of rotatable bonds is 1. The van der Waals surface area contributed by atoms with E-state index in [4.69, 9.17) is 9.40 Å². The molecule has 0 N–H and O–H groups in total. The summed E-state index contributed by atoms with van der Waals surface area (Å²) in [5.41, 5.74) is 8.70. The molecule has 1 aliphatic carbocycles. The van der Waals surface area contributed by atoms with Gasteiger partial charge in [-0.05, 0) is 74.6 Å². The summed E-state index contributed by atoms with van der Waals surface area (Å²) in [6.07, 6.45) is 4.29. The average Bonchev–Trinajstić information content (AvgIpc) is 3.25. The van der Waals surface area contributed by atoms with Gasteiger partial charge in [-0.2, -0.15) is 0 Å². The second-order valence-electron chi connectivity index (χ2n) is 13.9. The van der Waals surface area contributed by atoms with Gasteiger partial charge in [0.1, 0.15) is 11.2 Å². The van der Waals surface area contributed by atoms with E-state index in [1.807, 2.05) is 6.20 Å². The third-order valence-electron chi connectivity index (χ3n) is 9.29. The number of hydrogen-bond acceptors (Lipinski definition) is 2. The number of furan rings is 1. The fourth-order valence-electron chi connectivity index (χ4n) is 7.00. The lowest BCUT2D eigenvalue weighted by atomic mass is 9.63. The number of aromatic nitrogens is 1. The third kappa shape index (κ3) is 3.57. The number of hydrogen-bond donors (Lipinski definition) is 0. The van der Waals surface area contributed by atoms with E-state index in [0.717, 1.165) is 28.7 Å². The minimum atomic E-state index is 0.0632. The van der Waals surface area contributed by atoms with Gasteiger partial charge in [0.15, 0.2) is 0 Å². The second-order valence-corrected chi connectivity index (χ2v) is 13.9. The molecule has 0 spiro atoms. The van der Waals surface area contributed by atoms with Crippen LogP contribution in [0, 0.1) is 0 Å². The Labute approximate surface area is 231 Å². The molecule has 2 heterocycles. The quantitative estimate of drug-likeness (QED) is 0.219. The van der Waals surface area contributed by atoms with Gasteiger partial charge in [-0.15, -0.1) is 0 Å². The first-order valence-corrected chi connectivity index (χ1v) is 14.3. The van der Waals surface area contributed by atoms with Crippen molar-refractivity contribution in [3.63, 3.8) is 0 Å². The molecule has 0 saturated heterocycles. The van der Waals surface area contributed by atoms with Crippen LogP contribution in [0.3, 0.4) is 0 Å². The summed E-state index contributed by atoms with van der Waals surface area (Å²) < 4.78 is 6.74. The van der Waals surface area contributed by atoms with E-state index in [-0.39, 0.29) is 16.2 Å². The molecule has 2 aromatic heterocycles. The fraction of sp³-hybridized carbons (Fsp3) is 0.324. The van der Waals surface area contributed by atoms with Crippen molar-refractivity contribution in [2.45, 2.75) is 77.6 Å². The van der Waals surface area contributed by atoms with Gasteiger partial charge in [-0.1, -0.05) is 97.0 Å². The van der Waals surface area contributed by atoms with E-state index in [0.29, 0.717) is 0 Å². The minimum Gasteiger partial charge on any atom is -0.456 e. The first-order valence-electron chi connectivity index (χ1n) is 14.3. The lowest BCUT2D eigenvalue weighted by molar-refractivity contribution is 0.331. The molecule has 39 heavy (non-hydrogen) atoms. The molecule has 0 aliphatic heterocycles. The second kappa shape index (κ2) is 7.94. The molecule has 0 radical (unpaired) electrons. The van der Waals surface area contributed by atoms with Crippen molar-refractivity contribution in [2.75, 3.05) is 0 Å². The predicted molar refractivity (Wildman–Crippen MR) is 166 cm³/mol. The zero-order chi connectivity index (χ0) is 27.3. The molecule has 0 unspecified atom stereocenters. The largest absolute Gasteiger partial charge is 0.456 e. The van der Waals surface area contributed by atoms with E-state index in [1.165, 1.54) is 55.6 Å². The highest BCUT2D eigenvalue weighted by molar-refractivity contribution is 6.14. The van der Waals surface area contributed by atoms with E-state index < -0.39 is 0 Å². The lowest BCUT2D eigenvalue weighted by Gasteiger charge is -2.41. The van der Waals surface area contributed by atoms with Crippen LogP contribution in [0.25, 0.3) is 54.7 Å². The number of pyridine rings is 1. The standard InChI is InChI=1S/C37H37NO/c1-35(2,3)29-14-12-25(23-10-8-9-11-24(23)29)33-27-21-28-26-13-15-30-32(37(6,7)18-17-36(30,4)5)34(26)39-31(28)20-22(27)16-19-38-33/h8-16,19-21H,17-18H2,1-7H3. The highest BCUT2D eigenvalue weighted by Gasteiger charge is 2.39. The minimum absolute atomic E-state index is 0.0632. The van der Waals surface area contributed by atoms with Crippen LogP contribution in [0.1, 0.15) is 78.0 Å². The Hall–Kier alpha value is -3.65. The van der Waals surface area contributed by atoms with Crippen LogP contribution in [0.5, 0.6) is 0 Å². The molecule has 0 fully saturated rings. The van der Waals surface area contributed by atoms with Gasteiger partial charge in [0, 0.05) is 33.5 Å². The molecule has 6 aromatic rings. The normalized spacial score (nSPS) is 16.8. The Morgan fingerprint density at radius 3 is 2.23 bits per heavy atom. The van der Waals surface area contributed by atoms with Crippen LogP contribution >= 0.6 is 0 Å². The van der Waals surface area contributed by atoms with E-state index in [2.05, 4.69) is 115 Å². The molecule has 0 saturated carbocycles. The van der Waals surface area contributed by atoms with Gasteiger partial charge in [-0.3, -0.25) is 4.98 Å². The lowest BCUT2D eigenvalue weighted by Crippen LogP contribution is -2.33. The van der Waals surface area contributed by atoms with Gasteiger partial charge in [-0.25, -0.2) is 0 Å². The molecule has 7 rings (SSSR count). The summed E-state index contributed by atoms with van der Waals surface area (Å²) in [6, 6.07) is 24.6. The molecule has 2 heteroatoms. The monoisotopic (exact) mass is 511 g/mol. The molecular formula is C37H37NO. The molecule has 2 nitrogen and oxygen atoms in total. The van der Waals surface area contributed by atoms with Crippen molar-refractivity contribution < 1.29 is 4.42 Å². The van der Waals surface area contributed by atoms with Crippen molar-refractivity contribution in [3.05, 3.63) is 89.6 Å². The molecule has 0 atom stereocenters. The van der Waals surface area contributed by atoms with Crippen LogP contribution in [-0.2, 0) is 16.2 Å². The number of fused-ring (bicyclic) bond motifs is 7. The summed E-state index contributed by atoms with van der Waals surface area (Å²) in [6.45, 7) is 16.3. The first-order chi connectivity index (χ1) is 18.5. The van der Waals surface area contributed by atoms with E-state index in [9.17, 15) is 0 Å². The Morgan fingerprint density at radius 2 is 1.46 bits per heavy atom. The highest BCUT2D eigenvalue weighted by atomic mass is 16.3.